The van der Waals surface area contributed by atoms with Gasteiger partial charge in [-0.1, -0.05) is 61.9 Å². The van der Waals surface area contributed by atoms with E-state index in [4.69, 9.17) is 0 Å². The molecule has 0 bridgehead atoms. The van der Waals surface area contributed by atoms with Crippen LogP contribution in [-0.2, 0) is 0 Å². The molecule has 2 nitrogen and oxygen atoms in total. The summed E-state index contributed by atoms with van der Waals surface area (Å²) in [6.45, 7) is 2.80. The molecule has 0 aliphatic carbocycles. The number of hydroxylamine groups is 1. The van der Waals surface area contributed by atoms with Crippen LogP contribution in [0.1, 0.15) is 19.8 Å². The van der Waals surface area contributed by atoms with Crippen molar-refractivity contribution in [3.63, 3.8) is 0 Å². The van der Waals surface area contributed by atoms with Crippen LogP contribution in [0, 0.1) is 0 Å². The molecule has 0 unspecified atom stereocenters. The molecule has 0 spiro atoms. The maximum Gasteiger partial charge on any atom is 0.0790 e. The molecule has 0 aromatic heterocycles. The maximum atomic E-state index is 10.5. The standard InChI is InChI=1S/C18H19NO/c1-2-3-12-19(20)18-16-10-6-4-8-14(16)13-15-9-5-7-11-17(15)18/h4-11,13,20H,2-3,12H2,1H3. The van der Waals surface area contributed by atoms with Crippen LogP contribution < -0.4 is 5.06 Å². The molecular weight excluding hydrogens is 246 g/mol. The predicted molar refractivity (Wildman–Crippen MR) is 85.5 cm³/mol. The molecule has 0 atom stereocenters. The van der Waals surface area contributed by atoms with Gasteiger partial charge in [-0.05, 0) is 23.3 Å². The first-order valence-electron chi connectivity index (χ1n) is 7.18. The van der Waals surface area contributed by atoms with Gasteiger partial charge in [-0.15, -0.1) is 0 Å². The van der Waals surface area contributed by atoms with Crippen LogP contribution in [0.5, 0.6) is 0 Å². The zero-order chi connectivity index (χ0) is 13.9. The first-order chi connectivity index (χ1) is 9.81. The van der Waals surface area contributed by atoms with E-state index in [1.807, 2.05) is 24.3 Å². The summed E-state index contributed by atoms with van der Waals surface area (Å²) in [5.74, 6) is 0. The Morgan fingerprint density at radius 3 is 2.00 bits per heavy atom. The number of nitrogens with zero attached hydrogens (tertiary/aromatic N) is 1. The topological polar surface area (TPSA) is 23.5 Å². The number of hydrogen-bond donors (Lipinski definition) is 1. The Balaban J connectivity index is 2.27. The summed E-state index contributed by atoms with van der Waals surface area (Å²) < 4.78 is 0. The Hall–Kier alpha value is -2.06. The molecule has 0 aliphatic heterocycles. The maximum absolute atomic E-state index is 10.5. The molecule has 0 radical (unpaired) electrons. The van der Waals surface area contributed by atoms with E-state index >= 15 is 0 Å². The van der Waals surface area contributed by atoms with Gasteiger partial charge in [0.25, 0.3) is 0 Å². The summed E-state index contributed by atoms with van der Waals surface area (Å²) >= 11 is 0. The third-order valence-electron chi connectivity index (χ3n) is 3.72. The van der Waals surface area contributed by atoms with Crippen LogP contribution in [-0.4, -0.2) is 11.8 Å². The third-order valence-corrected chi connectivity index (χ3v) is 3.72. The van der Waals surface area contributed by atoms with Crippen molar-refractivity contribution in [2.24, 2.45) is 0 Å². The second-order valence-electron chi connectivity index (χ2n) is 5.14. The number of anilines is 1. The van der Waals surface area contributed by atoms with Gasteiger partial charge in [-0.3, -0.25) is 10.3 Å². The Morgan fingerprint density at radius 2 is 1.45 bits per heavy atom. The molecule has 0 amide bonds. The normalized spacial score (nSPS) is 11.1. The SMILES string of the molecule is CCCCN(O)c1c2ccccc2cc2ccccc12. The minimum atomic E-state index is 0.661. The molecule has 1 N–H and O–H groups in total. The number of hydrogen-bond acceptors (Lipinski definition) is 2. The van der Waals surface area contributed by atoms with Crippen molar-refractivity contribution in [1.82, 2.24) is 0 Å². The van der Waals surface area contributed by atoms with E-state index in [0.29, 0.717) is 6.54 Å². The van der Waals surface area contributed by atoms with Crippen molar-refractivity contribution in [3.8, 4) is 0 Å². The molecular formula is C18H19NO. The minimum absolute atomic E-state index is 0.661. The van der Waals surface area contributed by atoms with Crippen molar-refractivity contribution in [1.29, 1.82) is 0 Å². The summed E-state index contributed by atoms with van der Waals surface area (Å²) in [5.41, 5.74) is 0.923. The average molecular weight is 265 g/mol. The van der Waals surface area contributed by atoms with E-state index < -0.39 is 0 Å². The quantitative estimate of drug-likeness (QED) is 0.530. The van der Waals surface area contributed by atoms with Crippen LogP contribution in [0.4, 0.5) is 5.69 Å². The fourth-order valence-corrected chi connectivity index (χ4v) is 2.69. The average Bonchev–Trinajstić information content (AvgIpc) is 2.50. The highest BCUT2D eigenvalue weighted by atomic mass is 16.5. The van der Waals surface area contributed by atoms with Crippen molar-refractivity contribution >= 4 is 27.2 Å². The number of unbranched alkanes of at least 4 members (excludes halogenated alkanes) is 1. The lowest BCUT2D eigenvalue weighted by atomic mass is 10.0. The van der Waals surface area contributed by atoms with E-state index in [9.17, 15) is 5.21 Å². The van der Waals surface area contributed by atoms with Crippen LogP contribution >= 0.6 is 0 Å². The van der Waals surface area contributed by atoms with Gasteiger partial charge < -0.3 is 0 Å². The lowest BCUT2D eigenvalue weighted by Crippen LogP contribution is -2.19. The molecule has 0 heterocycles. The van der Waals surface area contributed by atoms with Gasteiger partial charge in [-0.25, -0.2) is 0 Å². The highest BCUT2D eigenvalue weighted by Crippen LogP contribution is 2.34. The van der Waals surface area contributed by atoms with Crippen molar-refractivity contribution in [2.75, 3.05) is 11.6 Å². The summed E-state index contributed by atoms with van der Waals surface area (Å²) in [6, 6.07) is 18.6. The van der Waals surface area contributed by atoms with Crippen LogP contribution in [0.3, 0.4) is 0 Å². The molecule has 2 heteroatoms. The highest BCUT2D eigenvalue weighted by molar-refractivity contribution is 6.10. The first kappa shape index (κ1) is 12.9. The van der Waals surface area contributed by atoms with Gasteiger partial charge >= 0.3 is 0 Å². The van der Waals surface area contributed by atoms with Gasteiger partial charge in [0.1, 0.15) is 0 Å². The molecule has 20 heavy (non-hydrogen) atoms. The fourth-order valence-electron chi connectivity index (χ4n) is 2.69. The van der Waals surface area contributed by atoms with Crippen molar-refractivity contribution in [3.05, 3.63) is 54.6 Å². The summed E-state index contributed by atoms with van der Waals surface area (Å²) in [4.78, 5) is 0. The number of rotatable bonds is 4. The first-order valence-corrected chi connectivity index (χ1v) is 7.18. The Morgan fingerprint density at radius 1 is 0.900 bits per heavy atom. The zero-order valence-electron chi connectivity index (χ0n) is 11.7. The Labute approximate surface area is 119 Å². The Kier molecular flexibility index (Phi) is 3.57. The molecule has 0 saturated carbocycles. The zero-order valence-corrected chi connectivity index (χ0v) is 11.7. The van der Waals surface area contributed by atoms with Gasteiger partial charge in [0.15, 0.2) is 0 Å². The fraction of sp³-hybridized carbons (Fsp3) is 0.222. The monoisotopic (exact) mass is 265 g/mol. The molecule has 3 aromatic carbocycles. The smallest absolute Gasteiger partial charge is 0.0790 e. The lowest BCUT2D eigenvalue weighted by Gasteiger charge is -2.21. The molecule has 0 fully saturated rings. The molecule has 3 aromatic rings. The third kappa shape index (κ3) is 2.23. The minimum Gasteiger partial charge on any atom is -0.288 e. The highest BCUT2D eigenvalue weighted by Gasteiger charge is 2.12. The van der Waals surface area contributed by atoms with Crippen molar-refractivity contribution in [2.45, 2.75) is 19.8 Å². The summed E-state index contributed by atoms with van der Waals surface area (Å²) in [7, 11) is 0. The predicted octanol–water partition coefficient (Wildman–Crippen LogP) is 4.99. The summed E-state index contributed by atoms with van der Waals surface area (Å²) in [6.07, 6.45) is 2.05. The second-order valence-corrected chi connectivity index (χ2v) is 5.14. The van der Waals surface area contributed by atoms with Crippen LogP contribution in [0.25, 0.3) is 21.5 Å². The molecule has 3 rings (SSSR count). The van der Waals surface area contributed by atoms with Gasteiger partial charge in [0.05, 0.1) is 5.69 Å². The largest absolute Gasteiger partial charge is 0.288 e. The molecule has 102 valence electrons. The van der Waals surface area contributed by atoms with Gasteiger partial charge in [0, 0.05) is 17.3 Å². The second kappa shape index (κ2) is 5.51. The van der Waals surface area contributed by atoms with E-state index in [1.54, 1.807) is 0 Å². The van der Waals surface area contributed by atoms with Crippen LogP contribution in [0.15, 0.2) is 54.6 Å². The van der Waals surface area contributed by atoms with E-state index in [-0.39, 0.29) is 0 Å². The number of fused-ring (bicyclic) bond motifs is 2. The summed E-state index contributed by atoms with van der Waals surface area (Å²) in [5, 5.41) is 16.4. The Bertz CT molecular complexity index is 682. The lowest BCUT2D eigenvalue weighted by molar-refractivity contribution is 0.254. The van der Waals surface area contributed by atoms with E-state index in [0.717, 1.165) is 40.1 Å². The van der Waals surface area contributed by atoms with Crippen molar-refractivity contribution < 1.29 is 5.21 Å². The molecule has 0 saturated heterocycles. The molecule has 0 aliphatic rings. The van der Waals surface area contributed by atoms with Crippen LogP contribution in [0.2, 0.25) is 0 Å². The van der Waals surface area contributed by atoms with E-state index in [1.165, 1.54) is 5.06 Å². The van der Waals surface area contributed by atoms with E-state index in [2.05, 4.69) is 37.3 Å². The number of benzene rings is 3. The van der Waals surface area contributed by atoms with Gasteiger partial charge in [0.2, 0.25) is 0 Å². The van der Waals surface area contributed by atoms with Gasteiger partial charge in [-0.2, -0.15) is 0 Å².